The third-order valence-electron chi connectivity index (χ3n) is 14.6. The summed E-state index contributed by atoms with van der Waals surface area (Å²) in [6.07, 6.45) is -47.7. The van der Waals surface area contributed by atoms with Gasteiger partial charge in [0.15, 0.2) is 40.8 Å². The van der Waals surface area contributed by atoms with Crippen LogP contribution in [0.1, 0.15) is 6.42 Å². The zero-order valence-corrected chi connectivity index (χ0v) is 40.1. The Morgan fingerprint density at radius 1 is 0.632 bits per heavy atom. The first-order valence-electron chi connectivity index (χ1n) is 23.4. The fourth-order valence-electron chi connectivity index (χ4n) is 10.2. The van der Waals surface area contributed by atoms with Crippen LogP contribution in [0.25, 0.3) is 0 Å². The van der Waals surface area contributed by atoms with E-state index in [2.05, 4.69) is 0 Å². The fraction of sp³-hybridized carbons (Fsp3) is 0.900. The van der Waals surface area contributed by atoms with E-state index in [9.17, 15) is 96.1 Å². The Hall–Kier alpha value is -2.60. The summed E-state index contributed by atoms with van der Waals surface area (Å²) in [5.41, 5.74) is 38.9. The Balaban J connectivity index is 1.99. The lowest BCUT2D eigenvalue weighted by Crippen LogP contribution is -3.02. The molecule has 4 saturated heterocycles. The number of aliphatic hydroxyl groups is 16. The molecule has 0 aromatic heterocycles. The minimum atomic E-state index is -4.52. The van der Waals surface area contributed by atoms with Crippen molar-refractivity contribution in [1.29, 1.82) is 0 Å². The predicted molar refractivity (Wildman–Crippen MR) is 238 cm³/mol. The Kier molecular flexibility index (Phi) is 20.8. The molecule has 0 amide bonds. The minimum absolute atomic E-state index is 0.133. The van der Waals surface area contributed by atoms with Crippen molar-refractivity contribution in [2.24, 2.45) is 45.9 Å². The van der Waals surface area contributed by atoms with Gasteiger partial charge in [-0.2, -0.15) is 0 Å². The molecule has 4 aliphatic heterocycles. The SMILES string of the molecule is NC1CC(=O)[C@]2(O)[C@@H](O[C@@H]3O[C@H](CO)[C@@H](O)[C@H](O)[C@H]3N)[C@@H](CO)O[C@@](O[C@@H]([C@H](O)[C@@H](N)C=O)[C@H](O)CO)([C@]3(N)[C@@H](O)[C@H](O[C@@H]4O[C@H](CO)[C@@H](O)[C@H](O)[C@H]4N)[C@@H](CO)O[C@]3(N)O[C@@H]([C@H](O)[C@@H](N)C=O)[C@H](O)CO)[C@]2(N)C1=O. The minimum Gasteiger partial charge on any atom is -0.394 e. The van der Waals surface area contributed by atoms with Gasteiger partial charge in [-0.05, 0) is 0 Å². The van der Waals surface area contributed by atoms with Gasteiger partial charge in [-0.1, -0.05) is 0 Å². The van der Waals surface area contributed by atoms with Crippen LogP contribution < -0.4 is 45.9 Å². The molecule has 0 spiro atoms. The van der Waals surface area contributed by atoms with E-state index in [1.54, 1.807) is 0 Å². The van der Waals surface area contributed by atoms with E-state index in [4.69, 9.17) is 83.8 Å². The Bertz CT molecular complexity index is 2000. The number of rotatable bonds is 23. The summed E-state index contributed by atoms with van der Waals surface area (Å²) < 4.78 is 47.5. The van der Waals surface area contributed by atoms with Crippen molar-refractivity contribution >= 4 is 24.1 Å². The molecule has 0 aromatic rings. The smallest absolute Gasteiger partial charge is 0.253 e. The summed E-state index contributed by atoms with van der Waals surface area (Å²) in [5, 5.41) is 178. The van der Waals surface area contributed by atoms with Gasteiger partial charge in [-0.25, -0.2) is 0 Å². The molecule has 32 N–H and O–H groups in total. The molecule has 36 heteroatoms. The number of carbonyl (C=O) groups is 4. The summed E-state index contributed by atoms with van der Waals surface area (Å²) in [7, 11) is 0. The molecule has 1 aliphatic carbocycles. The highest BCUT2D eigenvalue weighted by atomic mass is 16.8. The van der Waals surface area contributed by atoms with E-state index < -0.39 is 233 Å². The number of hydrogen-bond donors (Lipinski definition) is 24. The molecule has 5 rings (SSSR count). The number of hydrogen-bond acceptors (Lipinski definition) is 36. The Morgan fingerprint density at radius 3 is 1.49 bits per heavy atom. The molecule has 29 atom stereocenters. The van der Waals surface area contributed by atoms with Gasteiger partial charge in [0.05, 0.1) is 69.9 Å². The van der Waals surface area contributed by atoms with E-state index in [-0.39, 0.29) is 12.6 Å². The first-order chi connectivity index (χ1) is 35.4. The van der Waals surface area contributed by atoms with E-state index in [0.29, 0.717) is 0 Å². The lowest BCUT2D eigenvalue weighted by molar-refractivity contribution is -0.482. The van der Waals surface area contributed by atoms with Crippen LogP contribution in [0.4, 0.5) is 0 Å². The zero-order chi connectivity index (χ0) is 57.5. The number of Topliss-reactive ketones (excluding diaryl/α,β-unsaturated/α-hetero) is 2. The maximum absolute atomic E-state index is 15.5. The fourth-order valence-corrected chi connectivity index (χ4v) is 10.2. The first-order valence-corrected chi connectivity index (χ1v) is 23.4. The molecule has 5 fully saturated rings. The molecular formula is C40H72N8O28. The molecule has 0 aromatic carbocycles. The number of carbonyl (C=O) groups excluding carboxylic acids is 4. The molecule has 4 heterocycles. The van der Waals surface area contributed by atoms with Crippen molar-refractivity contribution in [3.63, 3.8) is 0 Å². The normalized spacial score (nSPS) is 46.4. The molecule has 36 nitrogen and oxygen atoms in total. The second-order valence-corrected chi connectivity index (χ2v) is 19.2. The van der Waals surface area contributed by atoms with Crippen molar-refractivity contribution in [2.75, 3.05) is 39.6 Å². The summed E-state index contributed by atoms with van der Waals surface area (Å²) in [6.45, 7) is -8.39. The van der Waals surface area contributed by atoms with Crippen molar-refractivity contribution < 1.29 is 139 Å². The van der Waals surface area contributed by atoms with E-state index >= 15 is 4.79 Å². The molecule has 0 radical (unpaired) electrons. The molecule has 0 bridgehead atoms. The van der Waals surface area contributed by atoms with Crippen LogP contribution in [-0.4, -0.2) is 320 Å². The number of aldehydes is 2. The highest BCUT2D eigenvalue weighted by Crippen LogP contribution is 2.59. The van der Waals surface area contributed by atoms with Crippen LogP contribution in [0.2, 0.25) is 0 Å². The number of nitrogens with two attached hydrogens (primary N) is 8. The van der Waals surface area contributed by atoms with Crippen LogP contribution in [-0.2, 0) is 57.1 Å². The average Bonchev–Trinajstić information content (AvgIpc) is 3.43. The third-order valence-corrected chi connectivity index (χ3v) is 14.6. The monoisotopic (exact) mass is 1110 g/mol. The van der Waals surface area contributed by atoms with Gasteiger partial charge in [0.1, 0.15) is 116 Å². The van der Waals surface area contributed by atoms with Crippen molar-refractivity contribution in [3.8, 4) is 0 Å². The van der Waals surface area contributed by atoms with Gasteiger partial charge in [-0.15, -0.1) is 0 Å². The summed E-state index contributed by atoms with van der Waals surface area (Å²) in [4.78, 5) is 54.6. The molecular weight excluding hydrogens is 1040 g/mol. The lowest BCUT2D eigenvalue weighted by Gasteiger charge is -2.70. The zero-order valence-electron chi connectivity index (χ0n) is 40.1. The number of aliphatic hydroxyl groups excluding tert-OH is 15. The van der Waals surface area contributed by atoms with Gasteiger partial charge in [0.2, 0.25) is 5.79 Å². The number of ketones is 2. The topological polar surface area (TPSA) is 674 Å². The standard InChI is InChI=1S/C40H72N8O28/c41-10-1-19(59)36(68)33(72-35-21(45)27(65)25(63)16(7-54)70-35)18(9-56)73-39(37(36,46)31(10)66,75-28(13(57)4-51)22(60)11(42)2-49)38(47)32(67)30(71-34-20(44)26(64)24(62)15(6-53)69-34)17(8-55)74-40(38,48)76-29(14(58)5-52)23(61)12(43)3-50/h2-3,10-18,20-30,32-35,51-58,60-65,67-68H,1,4-9,41-48H2/t10?,11-,12-,13+,14+,15+,16+,17+,18+,20+,21+,22+,23+,24+,25+,26+,27+,28+,29+,30+,32-,33-,34-,35-,36-,37-,38+,39-,40-/m0/s1. The molecule has 5 aliphatic rings. The maximum atomic E-state index is 15.5. The van der Waals surface area contributed by atoms with Gasteiger partial charge < -0.3 is 169 Å². The second-order valence-electron chi connectivity index (χ2n) is 19.2. The Labute approximate surface area is 429 Å². The summed E-state index contributed by atoms with van der Waals surface area (Å²) >= 11 is 0. The van der Waals surface area contributed by atoms with Crippen LogP contribution in [0.3, 0.4) is 0 Å². The van der Waals surface area contributed by atoms with Gasteiger partial charge in [0, 0.05) is 6.42 Å². The van der Waals surface area contributed by atoms with Gasteiger partial charge >= 0.3 is 0 Å². The second kappa shape index (κ2) is 24.6. The summed E-state index contributed by atoms with van der Waals surface area (Å²) in [5.74, 6) is -12.3. The highest BCUT2D eigenvalue weighted by molar-refractivity contribution is 6.10. The van der Waals surface area contributed by atoms with Crippen LogP contribution in [0.15, 0.2) is 0 Å². The highest BCUT2D eigenvalue weighted by Gasteiger charge is 2.89. The molecule has 1 unspecified atom stereocenters. The van der Waals surface area contributed by atoms with Crippen molar-refractivity contribution in [1.82, 2.24) is 0 Å². The van der Waals surface area contributed by atoms with Crippen LogP contribution in [0.5, 0.6) is 0 Å². The Morgan fingerprint density at radius 2 is 1.07 bits per heavy atom. The van der Waals surface area contributed by atoms with Crippen LogP contribution >= 0.6 is 0 Å². The van der Waals surface area contributed by atoms with E-state index in [1.807, 2.05) is 0 Å². The van der Waals surface area contributed by atoms with E-state index in [0.717, 1.165) is 0 Å². The van der Waals surface area contributed by atoms with Gasteiger partial charge in [-0.3, -0.25) is 15.3 Å². The number of ether oxygens (including phenoxy) is 8. The van der Waals surface area contributed by atoms with Gasteiger partial charge in [0.25, 0.3) is 5.91 Å². The lowest BCUT2D eigenvalue weighted by atomic mass is 9.52. The van der Waals surface area contributed by atoms with Crippen molar-refractivity contribution in [2.45, 2.75) is 181 Å². The average molecular weight is 1110 g/mol. The first kappa shape index (κ1) is 64.2. The molecule has 76 heavy (non-hydrogen) atoms. The largest absolute Gasteiger partial charge is 0.394 e. The summed E-state index contributed by atoms with van der Waals surface area (Å²) in [6, 6.07) is -10.7. The third kappa shape index (κ3) is 10.3. The van der Waals surface area contributed by atoms with E-state index in [1.165, 1.54) is 0 Å². The number of fused-ring (bicyclic) bond motifs is 1. The maximum Gasteiger partial charge on any atom is 0.253 e. The molecule has 440 valence electrons. The van der Waals surface area contributed by atoms with Crippen LogP contribution in [0, 0.1) is 0 Å². The molecule has 1 saturated carbocycles. The quantitative estimate of drug-likeness (QED) is 0.0334. The van der Waals surface area contributed by atoms with Crippen molar-refractivity contribution in [3.05, 3.63) is 0 Å². The predicted octanol–water partition coefficient (Wildman–Crippen LogP) is -18.0.